The van der Waals surface area contributed by atoms with Crippen LogP contribution in [0.1, 0.15) is 24.9 Å². The zero-order valence-electron chi connectivity index (χ0n) is 12.7. The molecular formula is C18H23FN2. The second-order valence-corrected chi connectivity index (χ2v) is 5.21. The van der Waals surface area contributed by atoms with E-state index in [0.717, 1.165) is 25.2 Å². The molecule has 1 atom stereocenters. The molecule has 0 spiro atoms. The Bertz CT molecular complexity index is 525. The predicted molar refractivity (Wildman–Crippen MR) is 87.1 cm³/mol. The number of hydrogen-bond donors (Lipinski definition) is 1. The van der Waals surface area contributed by atoms with Crippen LogP contribution < -0.4 is 10.2 Å². The number of rotatable bonds is 7. The summed E-state index contributed by atoms with van der Waals surface area (Å²) >= 11 is 0. The van der Waals surface area contributed by atoms with Gasteiger partial charge in [-0.3, -0.25) is 0 Å². The van der Waals surface area contributed by atoms with Crippen LogP contribution in [0.25, 0.3) is 0 Å². The van der Waals surface area contributed by atoms with Crippen molar-refractivity contribution in [2.24, 2.45) is 0 Å². The number of anilines is 1. The molecule has 0 amide bonds. The number of benzene rings is 2. The van der Waals surface area contributed by atoms with Crippen LogP contribution in [-0.4, -0.2) is 20.1 Å². The molecule has 0 saturated heterocycles. The van der Waals surface area contributed by atoms with Gasteiger partial charge in [-0.2, -0.15) is 0 Å². The lowest BCUT2D eigenvalue weighted by atomic mass is 10.0. The van der Waals surface area contributed by atoms with E-state index in [1.54, 1.807) is 0 Å². The fraction of sp³-hybridized carbons (Fsp3) is 0.333. The molecule has 21 heavy (non-hydrogen) atoms. The maximum absolute atomic E-state index is 13.0. The molecule has 0 aromatic heterocycles. The summed E-state index contributed by atoms with van der Waals surface area (Å²) in [7, 11) is 2.04. The van der Waals surface area contributed by atoms with Crippen molar-refractivity contribution < 1.29 is 4.39 Å². The second-order valence-electron chi connectivity index (χ2n) is 5.21. The van der Waals surface area contributed by atoms with Gasteiger partial charge in [0.1, 0.15) is 5.82 Å². The molecule has 0 aliphatic carbocycles. The van der Waals surface area contributed by atoms with Gasteiger partial charge in [0.25, 0.3) is 0 Å². The van der Waals surface area contributed by atoms with Gasteiger partial charge in [-0.25, -0.2) is 4.39 Å². The number of nitrogens with one attached hydrogen (secondary N) is 1. The van der Waals surface area contributed by atoms with Gasteiger partial charge >= 0.3 is 0 Å². The van der Waals surface area contributed by atoms with Crippen LogP contribution in [0, 0.1) is 5.82 Å². The van der Waals surface area contributed by atoms with Gasteiger partial charge in [-0.1, -0.05) is 37.3 Å². The third-order valence-corrected chi connectivity index (χ3v) is 3.67. The highest BCUT2D eigenvalue weighted by Gasteiger charge is 2.11. The van der Waals surface area contributed by atoms with Crippen molar-refractivity contribution in [3.63, 3.8) is 0 Å². The fourth-order valence-corrected chi connectivity index (χ4v) is 2.47. The van der Waals surface area contributed by atoms with Crippen LogP contribution in [0.15, 0.2) is 54.6 Å². The smallest absolute Gasteiger partial charge is 0.123 e. The highest BCUT2D eigenvalue weighted by molar-refractivity contribution is 5.45. The summed E-state index contributed by atoms with van der Waals surface area (Å²) in [6.45, 7) is 3.98. The van der Waals surface area contributed by atoms with Crippen molar-refractivity contribution in [1.82, 2.24) is 5.32 Å². The van der Waals surface area contributed by atoms with Crippen molar-refractivity contribution in [1.29, 1.82) is 0 Å². The predicted octanol–water partition coefficient (Wildman–Crippen LogP) is 4.00. The van der Waals surface area contributed by atoms with Gasteiger partial charge in [-0.05, 0) is 42.8 Å². The summed E-state index contributed by atoms with van der Waals surface area (Å²) in [6, 6.07) is 17.5. The third kappa shape index (κ3) is 4.57. The first-order valence-electron chi connectivity index (χ1n) is 7.45. The summed E-state index contributed by atoms with van der Waals surface area (Å²) in [5.74, 6) is -0.193. The van der Waals surface area contributed by atoms with E-state index >= 15 is 0 Å². The summed E-state index contributed by atoms with van der Waals surface area (Å²) < 4.78 is 13.0. The Morgan fingerprint density at radius 3 is 2.33 bits per heavy atom. The van der Waals surface area contributed by atoms with E-state index in [9.17, 15) is 4.39 Å². The van der Waals surface area contributed by atoms with Crippen LogP contribution in [0.3, 0.4) is 0 Å². The summed E-state index contributed by atoms with van der Waals surface area (Å²) in [5, 5.41) is 3.53. The molecule has 0 bridgehead atoms. The van der Waals surface area contributed by atoms with Crippen molar-refractivity contribution in [2.45, 2.75) is 19.4 Å². The van der Waals surface area contributed by atoms with Gasteiger partial charge in [0.05, 0.1) is 0 Å². The van der Waals surface area contributed by atoms with Crippen LogP contribution in [0.2, 0.25) is 0 Å². The molecule has 2 nitrogen and oxygen atoms in total. The molecule has 2 aromatic rings. The summed E-state index contributed by atoms with van der Waals surface area (Å²) in [6.07, 6.45) is 1.01. The summed E-state index contributed by atoms with van der Waals surface area (Å²) in [5.41, 5.74) is 2.35. The lowest BCUT2D eigenvalue weighted by molar-refractivity contribution is 0.516. The van der Waals surface area contributed by atoms with Crippen LogP contribution in [0.4, 0.5) is 10.1 Å². The molecule has 2 rings (SSSR count). The van der Waals surface area contributed by atoms with Crippen LogP contribution >= 0.6 is 0 Å². The Kier molecular flexibility index (Phi) is 5.76. The minimum absolute atomic E-state index is 0.193. The SMILES string of the molecule is CCNC(CCN(C)c1ccc(F)cc1)c1ccccc1. The quantitative estimate of drug-likeness (QED) is 0.827. The molecule has 1 unspecified atom stereocenters. The Hall–Kier alpha value is -1.87. The molecule has 1 N–H and O–H groups in total. The monoisotopic (exact) mass is 286 g/mol. The van der Waals surface area contributed by atoms with E-state index in [2.05, 4.69) is 41.4 Å². The second kappa shape index (κ2) is 7.79. The molecule has 112 valence electrons. The first-order chi connectivity index (χ1) is 10.2. The van der Waals surface area contributed by atoms with E-state index in [1.807, 2.05) is 25.2 Å². The van der Waals surface area contributed by atoms with Crippen molar-refractivity contribution in [3.8, 4) is 0 Å². The maximum Gasteiger partial charge on any atom is 0.123 e. The minimum Gasteiger partial charge on any atom is -0.375 e. The lowest BCUT2D eigenvalue weighted by Gasteiger charge is -2.24. The number of halogens is 1. The Balaban J connectivity index is 1.97. The van der Waals surface area contributed by atoms with Crippen LogP contribution in [0.5, 0.6) is 0 Å². The highest BCUT2D eigenvalue weighted by Crippen LogP contribution is 2.19. The molecule has 0 fully saturated rings. The maximum atomic E-state index is 13.0. The molecule has 2 aromatic carbocycles. The summed E-state index contributed by atoms with van der Waals surface area (Å²) in [4.78, 5) is 2.16. The Labute approximate surface area is 126 Å². The fourth-order valence-electron chi connectivity index (χ4n) is 2.47. The van der Waals surface area contributed by atoms with Gasteiger partial charge in [-0.15, -0.1) is 0 Å². The lowest BCUT2D eigenvalue weighted by Crippen LogP contribution is -2.27. The standard InChI is InChI=1S/C18H23FN2/c1-3-20-18(15-7-5-4-6-8-15)13-14-21(2)17-11-9-16(19)10-12-17/h4-12,18,20H,3,13-14H2,1-2H3. The minimum atomic E-state index is -0.193. The topological polar surface area (TPSA) is 15.3 Å². The molecule has 0 radical (unpaired) electrons. The van der Waals surface area contributed by atoms with Gasteiger partial charge in [0.15, 0.2) is 0 Å². The molecular weight excluding hydrogens is 263 g/mol. The average molecular weight is 286 g/mol. The Morgan fingerprint density at radius 1 is 1.05 bits per heavy atom. The van der Waals surface area contributed by atoms with E-state index < -0.39 is 0 Å². The van der Waals surface area contributed by atoms with E-state index in [1.165, 1.54) is 17.7 Å². The van der Waals surface area contributed by atoms with E-state index in [0.29, 0.717) is 6.04 Å². The van der Waals surface area contributed by atoms with Crippen molar-refractivity contribution in [2.75, 3.05) is 25.0 Å². The molecule has 0 aliphatic heterocycles. The van der Waals surface area contributed by atoms with Gasteiger partial charge < -0.3 is 10.2 Å². The largest absolute Gasteiger partial charge is 0.375 e. The van der Waals surface area contributed by atoms with Crippen LogP contribution in [-0.2, 0) is 0 Å². The van der Waals surface area contributed by atoms with Gasteiger partial charge in [0, 0.05) is 25.3 Å². The molecule has 3 heteroatoms. The number of hydrogen-bond acceptors (Lipinski definition) is 2. The number of nitrogens with zero attached hydrogens (tertiary/aromatic N) is 1. The van der Waals surface area contributed by atoms with Gasteiger partial charge in [0.2, 0.25) is 0 Å². The Morgan fingerprint density at radius 2 is 1.71 bits per heavy atom. The van der Waals surface area contributed by atoms with Crippen molar-refractivity contribution >= 4 is 5.69 Å². The zero-order chi connectivity index (χ0) is 15.1. The van der Waals surface area contributed by atoms with E-state index in [4.69, 9.17) is 0 Å². The highest BCUT2D eigenvalue weighted by atomic mass is 19.1. The zero-order valence-corrected chi connectivity index (χ0v) is 12.7. The first-order valence-corrected chi connectivity index (χ1v) is 7.45. The molecule has 0 heterocycles. The average Bonchev–Trinajstić information content (AvgIpc) is 2.52. The molecule has 0 saturated carbocycles. The first kappa shape index (κ1) is 15.5. The van der Waals surface area contributed by atoms with Crippen molar-refractivity contribution in [3.05, 3.63) is 66.0 Å². The normalized spacial score (nSPS) is 12.1. The third-order valence-electron chi connectivity index (χ3n) is 3.67. The molecule has 0 aliphatic rings. The van der Waals surface area contributed by atoms with E-state index in [-0.39, 0.29) is 5.82 Å².